The topological polar surface area (TPSA) is 158 Å². The molecule has 0 aliphatic carbocycles. The van der Waals surface area contributed by atoms with Crippen molar-refractivity contribution in [2.75, 3.05) is 0 Å². The van der Waals surface area contributed by atoms with Gasteiger partial charge in [0, 0.05) is 11.7 Å². The first-order valence-corrected chi connectivity index (χ1v) is 6.79. The van der Waals surface area contributed by atoms with Gasteiger partial charge in [-0.3, -0.25) is 9.59 Å². The van der Waals surface area contributed by atoms with Gasteiger partial charge in [0.1, 0.15) is 6.04 Å². The number of carbonyl (C=O) groups excluding carboxylic acids is 1. The van der Waals surface area contributed by atoms with Crippen LogP contribution >= 0.6 is 25.3 Å². The lowest BCUT2D eigenvalue weighted by Gasteiger charge is -2.26. The lowest BCUT2D eigenvalue weighted by atomic mass is 10.0. The fraction of sp³-hybridized carbons (Fsp3) is 0.600. The van der Waals surface area contributed by atoms with E-state index in [1.165, 1.54) is 6.92 Å². The quantitative estimate of drug-likeness (QED) is 0.389. The summed E-state index contributed by atoms with van der Waals surface area (Å²) in [7, 11) is 0. The monoisotopic (exact) mass is 351 g/mol. The Kier molecular flexibility index (Phi) is 7.87. The molecule has 1 rings (SSSR count). The largest absolute Gasteiger partial charge is 0.480 e. The van der Waals surface area contributed by atoms with Gasteiger partial charge >= 0.3 is 11.9 Å². The molecule has 22 heavy (non-hydrogen) atoms. The van der Waals surface area contributed by atoms with Crippen molar-refractivity contribution in [2.45, 2.75) is 36.8 Å². The number of tetrazole rings is 1. The number of aliphatic carboxylic acids is 2. The van der Waals surface area contributed by atoms with E-state index in [2.05, 4.69) is 51.2 Å². The average molecular weight is 351 g/mol. The number of carboxylic acids is 2. The molecule has 2 atom stereocenters. The van der Waals surface area contributed by atoms with Crippen LogP contribution in [0.4, 0.5) is 0 Å². The van der Waals surface area contributed by atoms with Crippen LogP contribution < -0.4 is 5.32 Å². The molecule has 10 nitrogen and oxygen atoms in total. The molecule has 0 bridgehead atoms. The highest BCUT2D eigenvalue weighted by Gasteiger charge is 2.32. The Hall–Kier alpha value is -1.82. The first-order valence-electron chi connectivity index (χ1n) is 5.83. The predicted molar refractivity (Wildman–Crippen MR) is 81.8 cm³/mol. The number of amides is 1. The van der Waals surface area contributed by atoms with Gasteiger partial charge in [0.2, 0.25) is 5.91 Å². The van der Waals surface area contributed by atoms with Crippen molar-refractivity contribution in [2.24, 2.45) is 0 Å². The fourth-order valence-electron chi connectivity index (χ4n) is 1.14. The molecule has 4 N–H and O–H groups in total. The Morgan fingerprint density at radius 1 is 1.27 bits per heavy atom. The minimum Gasteiger partial charge on any atom is -0.480 e. The molecule has 1 aromatic rings. The van der Waals surface area contributed by atoms with E-state index in [1.807, 2.05) is 0 Å². The highest BCUT2D eigenvalue weighted by atomic mass is 32.1. The van der Waals surface area contributed by atoms with Crippen LogP contribution in [0.15, 0.2) is 0 Å². The number of nitrogens with zero attached hydrogens (tertiary/aromatic N) is 3. The van der Waals surface area contributed by atoms with E-state index in [4.69, 9.17) is 10.2 Å². The molecule has 0 aliphatic heterocycles. The van der Waals surface area contributed by atoms with E-state index in [0.29, 0.717) is 0 Å². The molecule has 1 aromatic heterocycles. The second-order valence-corrected chi connectivity index (χ2v) is 6.31. The molecular weight excluding hydrogens is 334 g/mol. The van der Waals surface area contributed by atoms with Crippen LogP contribution in [0.2, 0.25) is 0 Å². The van der Waals surface area contributed by atoms with Gasteiger partial charge < -0.3 is 15.5 Å². The summed E-state index contributed by atoms with van der Waals surface area (Å²) < 4.78 is -0.766. The standard InChI is InChI=1S/C7H13NO3S.C3H4N4O2S/c1-4(9)8-5(6(10)11)7(2,3)12;8-3(9)1(10)2-4-6-7-5-2/h5,12H,1-3H3,(H,8,9)(H,10,11);1,10H,(H,8,9)(H,4,5,6,7)/t5-;/m0./s1. The summed E-state index contributed by atoms with van der Waals surface area (Å²) in [6.45, 7) is 4.53. The normalized spacial score (nSPS) is 13.3. The van der Waals surface area contributed by atoms with Gasteiger partial charge in [-0.25, -0.2) is 4.79 Å². The van der Waals surface area contributed by atoms with E-state index < -0.39 is 28.0 Å². The zero-order valence-electron chi connectivity index (χ0n) is 12.0. The zero-order valence-corrected chi connectivity index (χ0v) is 13.8. The van der Waals surface area contributed by atoms with Gasteiger partial charge in [-0.05, 0) is 13.8 Å². The molecule has 0 aliphatic rings. The molecule has 0 saturated carbocycles. The van der Waals surface area contributed by atoms with Crippen molar-refractivity contribution in [3.8, 4) is 0 Å². The molecule has 1 heterocycles. The Morgan fingerprint density at radius 2 is 1.82 bits per heavy atom. The van der Waals surface area contributed by atoms with Gasteiger partial charge in [-0.15, -0.1) is 10.2 Å². The van der Waals surface area contributed by atoms with Crippen LogP contribution in [-0.2, 0) is 14.4 Å². The zero-order chi connectivity index (χ0) is 17.5. The SMILES string of the molecule is CC(=O)N[C@@H](C(=O)O)C(C)(C)S.O=C(O)C(S)c1nn[nH]n1. The number of carboxylic acid groups (broad SMARTS) is 2. The molecule has 0 radical (unpaired) electrons. The maximum Gasteiger partial charge on any atom is 0.327 e. The van der Waals surface area contributed by atoms with Crippen LogP contribution in [0.1, 0.15) is 31.8 Å². The number of aromatic amines is 1. The third-order valence-electron chi connectivity index (χ3n) is 2.14. The molecule has 12 heteroatoms. The summed E-state index contributed by atoms with van der Waals surface area (Å²) in [5.41, 5.74) is 0. The van der Waals surface area contributed by atoms with E-state index in [0.717, 1.165) is 0 Å². The number of hydrogen-bond acceptors (Lipinski definition) is 8. The maximum atomic E-state index is 10.6. The number of nitrogens with one attached hydrogen (secondary N) is 2. The van der Waals surface area contributed by atoms with Gasteiger partial charge in [0.05, 0.1) is 0 Å². The van der Waals surface area contributed by atoms with Crippen LogP contribution in [0, 0.1) is 0 Å². The van der Waals surface area contributed by atoms with Gasteiger partial charge in [-0.1, -0.05) is 5.21 Å². The number of hydrogen-bond donors (Lipinski definition) is 6. The van der Waals surface area contributed by atoms with Crippen LogP contribution in [0.3, 0.4) is 0 Å². The van der Waals surface area contributed by atoms with E-state index in [-0.39, 0.29) is 11.7 Å². The lowest BCUT2D eigenvalue weighted by molar-refractivity contribution is -0.142. The first-order chi connectivity index (χ1) is 9.96. The summed E-state index contributed by atoms with van der Waals surface area (Å²) in [5, 5.41) is 30.5. The van der Waals surface area contributed by atoms with Gasteiger partial charge in [-0.2, -0.15) is 30.5 Å². The Morgan fingerprint density at radius 3 is 2.05 bits per heavy atom. The number of rotatable bonds is 5. The molecule has 1 amide bonds. The molecule has 124 valence electrons. The molecular formula is C10H17N5O5S2. The average Bonchev–Trinajstić information content (AvgIpc) is 2.87. The minimum absolute atomic E-state index is 0.0656. The number of aromatic nitrogens is 4. The first kappa shape index (κ1) is 20.2. The van der Waals surface area contributed by atoms with Crippen molar-refractivity contribution in [3.05, 3.63) is 5.82 Å². The van der Waals surface area contributed by atoms with E-state index >= 15 is 0 Å². The second-order valence-electron chi connectivity index (χ2n) is 4.64. The summed E-state index contributed by atoms with van der Waals surface area (Å²) in [4.78, 5) is 31.4. The Balaban J connectivity index is 0.000000406. The van der Waals surface area contributed by atoms with Crippen molar-refractivity contribution >= 4 is 43.1 Å². The summed E-state index contributed by atoms with van der Waals surface area (Å²) in [6, 6.07) is -0.960. The highest BCUT2D eigenvalue weighted by Crippen LogP contribution is 2.17. The third-order valence-corrected chi connectivity index (χ3v) is 2.85. The van der Waals surface area contributed by atoms with Crippen molar-refractivity contribution in [1.29, 1.82) is 0 Å². The van der Waals surface area contributed by atoms with E-state index in [1.54, 1.807) is 13.8 Å². The molecule has 1 unspecified atom stereocenters. The van der Waals surface area contributed by atoms with Crippen molar-refractivity contribution in [1.82, 2.24) is 25.9 Å². The van der Waals surface area contributed by atoms with Gasteiger partial charge in [0.25, 0.3) is 0 Å². The van der Waals surface area contributed by atoms with E-state index in [9.17, 15) is 14.4 Å². The summed E-state index contributed by atoms with van der Waals surface area (Å²) in [6.07, 6.45) is 0. The number of H-pyrrole nitrogens is 1. The summed E-state index contributed by atoms with van der Waals surface area (Å²) in [5.74, 6) is -2.48. The molecule has 0 aromatic carbocycles. The summed E-state index contributed by atoms with van der Waals surface area (Å²) >= 11 is 7.76. The Bertz CT molecular complexity index is 516. The number of thiol groups is 2. The van der Waals surface area contributed by atoms with Crippen LogP contribution in [0.5, 0.6) is 0 Å². The number of carbonyl (C=O) groups is 3. The highest BCUT2D eigenvalue weighted by molar-refractivity contribution is 7.81. The van der Waals surface area contributed by atoms with Crippen LogP contribution in [-0.4, -0.2) is 59.5 Å². The fourth-order valence-corrected chi connectivity index (χ4v) is 1.42. The van der Waals surface area contributed by atoms with Crippen LogP contribution in [0.25, 0.3) is 0 Å². The smallest absolute Gasteiger partial charge is 0.327 e. The minimum atomic E-state index is -1.09. The molecule has 0 fully saturated rings. The third kappa shape index (κ3) is 7.26. The van der Waals surface area contributed by atoms with Gasteiger partial charge in [0.15, 0.2) is 11.1 Å². The second kappa shape index (κ2) is 8.58. The maximum absolute atomic E-state index is 10.6. The van der Waals surface area contributed by atoms with Crippen molar-refractivity contribution < 1.29 is 24.6 Å². The molecule has 0 spiro atoms. The Labute approximate surface area is 136 Å². The predicted octanol–water partition coefficient (Wildman–Crippen LogP) is -0.461. The molecule has 0 saturated heterocycles. The lowest BCUT2D eigenvalue weighted by Crippen LogP contribution is -2.50. The van der Waals surface area contributed by atoms with Crippen molar-refractivity contribution in [3.63, 3.8) is 0 Å².